The Morgan fingerprint density at radius 2 is 1.02 bits per heavy atom. The molecule has 2 N–H and O–H groups in total. The van der Waals surface area contributed by atoms with Crippen LogP contribution in [0.3, 0.4) is 0 Å². The minimum atomic E-state index is -0.306. The van der Waals surface area contributed by atoms with Gasteiger partial charge in [-0.2, -0.15) is 10.2 Å². The van der Waals surface area contributed by atoms with Crippen LogP contribution in [0.15, 0.2) is 107 Å². The Balaban J connectivity index is 1.15. The second-order valence-corrected chi connectivity index (χ2v) is 9.81. The lowest BCUT2D eigenvalue weighted by atomic mass is 10.2. The fourth-order valence-corrected chi connectivity index (χ4v) is 4.12. The maximum atomic E-state index is 12.2. The van der Waals surface area contributed by atoms with Gasteiger partial charge in [0.15, 0.2) is 23.0 Å². The number of hydrogen-bond donors (Lipinski definition) is 2. The van der Waals surface area contributed by atoms with E-state index >= 15 is 0 Å². The van der Waals surface area contributed by atoms with Gasteiger partial charge in [0, 0.05) is 12.8 Å². The number of amides is 2. The molecule has 0 bridgehead atoms. The number of carbonyl (C=O) groups is 2. The predicted octanol–water partition coefficient (Wildman–Crippen LogP) is 5.63. The molecule has 0 aromatic heterocycles. The summed E-state index contributed by atoms with van der Waals surface area (Å²) in [6, 6.07) is 30.4. The van der Waals surface area contributed by atoms with Gasteiger partial charge in [-0.15, -0.1) is 0 Å². The van der Waals surface area contributed by atoms with Crippen LogP contribution in [0.4, 0.5) is 0 Å². The van der Waals surface area contributed by atoms with E-state index in [9.17, 15) is 9.59 Å². The Hall–Kier alpha value is -5.64. The van der Waals surface area contributed by atoms with Gasteiger partial charge in [-0.1, -0.05) is 60.7 Å². The Morgan fingerprint density at radius 1 is 0.600 bits per heavy atom. The first kappa shape index (κ1) is 32.3. The molecule has 10 heteroatoms. The molecule has 232 valence electrons. The highest BCUT2D eigenvalue weighted by Gasteiger charge is 2.08. The minimum Gasteiger partial charge on any atom is -0.493 e. The van der Waals surface area contributed by atoms with E-state index in [1.165, 1.54) is 12.4 Å². The quantitative estimate of drug-likeness (QED) is 0.126. The number of hydrogen-bond acceptors (Lipinski definition) is 8. The summed E-state index contributed by atoms with van der Waals surface area (Å²) in [6.07, 6.45) is 3.63. The first-order valence-corrected chi connectivity index (χ1v) is 14.4. The molecule has 0 spiro atoms. The molecule has 4 aromatic rings. The first-order valence-electron chi connectivity index (χ1n) is 14.4. The summed E-state index contributed by atoms with van der Waals surface area (Å²) in [4.78, 5) is 24.3. The molecule has 10 nitrogen and oxygen atoms in total. The summed E-state index contributed by atoms with van der Waals surface area (Å²) < 4.78 is 22.6. The normalized spacial score (nSPS) is 10.9. The van der Waals surface area contributed by atoms with Crippen LogP contribution in [-0.2, 0) is 22.8 Å². The average molecular weight is 609 g/mol. The molecule has 0 saturated carbocycles. The first-order chi connectivity index (χ1) is 22.0. The van der Waals surface area contributed by atoms with Gasteiger partial charge < -0.3 is 18.9 Å². The van der Waals surface area contributed by atoms with Crippen molar-refractivity contribution in [2.45, 2.75) is 32.5 Å². The van der Waals surface area contributed by atoms with Gasteiger partial charge in [-0.25, -0.2) is 10.9 Å². The standard InChI is InChI=1S/C35H36N4O6/c1-42-32-20-28(16-18-30(32)44-24-26-10-5-3-6-11-26)22-36-38-34(40)14-9-15-35(41)39-37-23-29-17-19-31(33(21-29)43-2)45-25-27-12-7-4-8-13-27/h3-8,10-13,16-23H,9,14-15,24-25H2,1-2H3,(H,38,40)(H,39,41)/b36-22+,37-23+. The summed E-state index contributed by atoms with van der Waals surface area (Å²) in [5.74, 6) is 1.70. The number of ether oxygens (including phenoxy) is 4. The van der Waals surface area contributed by atoms with E-state index in [4.69, 9.17) is 18.9 Å². The molecule has 45 heavy (non-hydrogen) atoms. The van der Waals surface area contributed by atoms with Crippen LogP contribution < -0.4 is 29.8 Å². The van der Waals surface area contributed by atoms with E-state index in [1.807, 2.05) is 72.8 Å². The minimum absolute atomic E-state index is 0.131. The Labute approximate surface area is 262 Å². The van der Waals surface area contributed by atoms with Gasteiger partial charge in [0.2, 0.25) is 11.8 Å². The van der Waals surface area contributed by atoms with Crippen LogP contribution >= 0.6 is 0 Å². The third-order valence-electron chi connectivity index (χ3n) is 6.46. The molecule has 0 heterocycles. The van der Waals surface area contributed by atoms with Gasteiger partial charge in [-0.3, -0.25) is 9.59 Å². The lowest BCUT2D eigenvalue weighted by molar-refractivity contribution is -0.122. The summed E-state index contributed by atoms with van der Waals surface area (Å²) in [5.41, 5.74) is 8.50. The molecule has 4 rings (SSSR count). The molecule has 0 saturated heterocycles. The maximum absolute atomic E-state index is 12.2. The van der Waals surface area contributed by atoms with Crippen molar-refractivity contribution < 1.29 is 28.5 Å². The van der Waals surface area contributed by atoms with Crippen molar-refractivity contribution in [2.24, 2.45) is 10.2 Å². The molecule has 0 radical (unpaired) electrons. The van der Waals surface area contributed by atoms with E-state index in [0.717, 1.165) is 22.3 Å². The number of benzene rings is 4. The highest BCUT2D eigenvalue weighted by atomic mass is 16.5. The summed E-state index contributed by atoms with van der Waals surface area (Å²) >= 11 is 0. The maximum Gasteiger partial charge on any atom is 0.240 e. The van der Waals surface area contributed by atoms with Crippen molar-refractivity contribution in [3.05, 3.63) is 119 Å². The van der Waals surface area contributed by atoms with Crippen LogP contribution in [0, 0.1) is 0 Å². The van der Waals surface area contributed by atoms with E-state index in [1.54, 1.807) is 38.5 Å². The third-order valence-corrected chi connectivity index (χ3v) is 6.46. The Morgan fingerprint density at radius 3 is 1.42 bits per heavy atom. The third kappa shape index (κ3) is 10.9. The molecular formula is C35H36N4O6. The largest absolute Gasteiger partial charge is 0.493 e. The van der Waals surface area contributed by atoms with E-state index in [0.29, 0.717) is 42.6 Å². The van der Waals surface area contributed by atoms with Crippen molar-refractivity contribution in [2.75, 3.05) is 14.2 Å². The van der Waals surface area contributed by atoms with Crippen molar-refractivity contribution in [1.82, 2.24) is 10.9 Å². The van der Waals surface area contributed by atoms with Crippen molar-refractivity contribution in [3.8, 4) is 23.0 Å². The van der Waals surface area contributed by atoms with Crippen LogP contribution in [0.5, 0.6) is 23.0 Å². The van der Waals surface area contributed by atoms with Crippen molar-refractivity contribution >= 4 is 24.2 Å². The zero-order valence-electron chi connectivity index (χ0n) is 25.3. The second-order valence-electron chi connectivity index (χ2n) is 9.81. The Bertz CT molecular complexity index is 1470. The van der Waals surface area contributed by atoms with Crippen molar-refractivity contribution in [3.63, 3.8) is 0 Å². The van der Waals surface area contributed by atoms with Gasteiger partial charge in [0.25, 0.3) is 0 Å². The van der Waals surface area contributed by atoms with Gasteiger partial charge >= 0.3 is 0 Å². The molecule has 2 amide bonds. The van der Waals surface area contributed by atoms with Crippen LogP contribution in [0.25, 0.3) is 0 Å². The molecule has 4 aromatic carbocycles. The number of rotatable bonds is 16. The highest BCUT2D eigenvalue weighted by molar-refractivity contribution is 5.84. The molecule has 0 unspecified atom stereocenters. The van der Waals surface area contributed by atoms with Gasteiger partial charge in [0.05, 0.1) is 26.6 Å². The second kappa shape index (κ2) is 17.5. The highest BCUT2D eigenvalue weighted by Crippen LogP contribution is 2.29. The topological polar surface area (TPSA) is 120 Å². The summed E-state index contributed by atoms with van der Waals surface area (Å²) in [5, 5.41) is 8.01. The van der Waals surface area contributed by atoms with E-state index in [-0.39, 0.29) is 24.7 Å². The fourth-order valence-electron chi connectivity index (χ4n) is 4.12. The van der Waals surface area contributed by atoms with Crippen molar-refractivity contribution in [1.29, 1.82) is 0 Å². The zero-order valence-corrected chi connectivity index (χ0v) is 25.3. The molecule has 0 atom stereocenters. The molecule has 0 fully saturated rings. The number of nitrogens with one attached hydrogen (secondary N) is 2. The molecule has 0 aliphatic carbocycles. The van der Waals surface area contributed by atoms with Crippen LogP contribution in [-0.4, -0.2) is 38.5 Å². The number of methoxy groups -OCH3 is 2. The number of hydrazone groups is 2. The summed E-state index contributed by atoms with van der Waals surface area (Å²) in [6.45, 7) is 0.833. The molecule has 0 aliphatic rings. The smallest absolute Gasteiger partial charge is 0.240 e. The summed E-state index contributed by atoms with van der Waals surface area (Å²) in [7, 11) is 3.12. The monoisotopic (exact) mass is 608 g/mol. The molecule has 0 aliphatic heterocycles. The van der Waals surface area contributed by atoms with Crippen LogP contribution in [0.1, 0.15) is 41.5 Å². The zero-order chi connectivity index (χ0) is 31.7. The lowest BCUT2D eigenvalue weighted by Crippen LogP contribution is -2.20. The fraction of sp³-hybridized carbons (Fsp3) is 0.200. The number of nitrogens with zero attached hydrogens (tertiary/aromatic N) is 2. The van der Waals surface area contributed by atoms with E-state index in [2.05, 4.69) is 21.1 Å². The number of carbonyl (C=O) groups excluding carboxylic acids is 2. The lowest BCUT2D eigenvalue weighted by Gasteiger charge is -2.11. The Kier molecular flexibility index (Phi) is 12.5. The van der Waals surface area contributed by atoms with Gasteiger partial charge in [0.1, 0.15) is 13.2 Å². The molecular weight excluding hydrogens is 572 g/mol. The van der Waals surface area contributed by atoms with E-state index < -0.39 is 0 Å². The van der Waals surface area contributed by atoms with Crippen LogP contribution in [0.2, 0.25) is 0 Å². The van der Waals surface area contributed by atoms with Gasteiger partial charge in [-0.05, 0) is 65.1 Å². The average Bonchev–Trinajstić information content (AvgIpc) is 3.07. The SMILES string of the molecule is COc1cc(/C=N/NC(=O)CCCC(=O)N/N=C/c2ccc(OCc3ccccc3)c(OC)c2)ccc1OCc1ccccc1. The predicted molar refractivity (Wildman–Crippen MR) is 173 cm³/mol.